The maximum Gasteiger partial charge on any atom is 0.331 e. The number of phenols is 1. The van der Waals surface area contributed by atoms with Gasteiger partial charge in [0.05, 0.1) is 18.3 Å². The molecule has 0 saturated heterocycles. The van der Waals surface area contributed by atoms with Gasteiger partial charge in [-0.05, 0) is 43.5 Å². The summed E-state index contributed by atoms with van der Waals surface area (Å²) in [5, 5.41) is 20.9. The van der Waals surface area contributed by atoms with E-state index in [-0.39, 0.29) is 11.3 Å². The van der Waals surface area contributed by atoms with Gasteiger partial charge in [0.15, 0.2) is 11.5 Å². The van der Waals surface area contributed by atoms with Crippen LogP contribution in [-0.4, -0.2) is 27.9 Å². The quantitative estimate of drug-likeness (QED) is 0.575. The minimum Gasteiger partial charge on any atom is -0.504 e. The zero-order chi connectivity index (χ0) is 20.4. The first kappa shape index (κ1) is 19.5. The molecule has 5 heteroatoms. The van der Waals surface area contributed by atoms with Crippen molar-refractivity contribution in [3.63, 3.8) is 0 Å². The van der Waals surface area contributed by atoms with Crippen molar-refractivity contribution in [3.8, 4) is 22.8 Å². The highest BCUT2D eigenvalue weighted by molar-refractivity contribution is 6.04. The number of hydrogen-bond acceptors (Lipinski definition) is 3. The molecule has 0 aliphatic heterocycles. The molecule has 0 atom stereocenters. The van der Waals surface area contributed by atoms with Crippen LogP contribution >= 0.6 is 0 Å². The Labute approximate surface area is 164 Å². The maximum absolute atomic E-state index is 11.4. The lowest BCUT2D eigenvalue weighted by Gasteiger charge is -2.13. The molecular weight excluding hydrogens is 354 g/mol. The Hall–Kier alpha value is -3.21. The lowest BCUT2D eigenvalue weighted by atomic mass is 10.0. The van der Waals surface area contributed by atoms with Gasteiger partial charge in [-0.3, -0.25) is 0 Å². The molecule has 5 nitrogen and oxygen atoms in total. The number of rotatable bonds is 6. The van der Waals surface area contributed by atoms with Crippen molar-refractivity contribution in [2.75, 3.05) is 7.11 Å². The van der Waals surface area contributed by atoms with Crippen LogP contribution in [0.15, 0.2) is 42.0 Å². The van der Waals surface area contributed by atoms with E-state index in [9.17, 15) is 15.0 Å². The summed E-state index contributed by atoms with van der Waals surface area (Å²) in [5.74, 6) is -0.575. The van der Waals surface area contributed by atoms with E-state index in [1.807, 2.05) is 37.3 Å². The van der Waals surface area contributed by atoms with Crippen molar-refractivity contribution < 1.29 is 19.7 Å². The van der Waals surface area contributed by atoms with E-state index in [2.05, 4.69) is 11.5 Å². The standard InChI is InChI=1S/C23H25NO4/c1-5-11-24-20(16-9-7-6-8-10-16)15(3)19-21(24)17(12-14(2)23(26)27)13-18(28-4)22(19)25/h6-10,12-13,25H,5,11H2,1-4H3,(H,26,27)/b14-12+. The summed E-state index contributed by atoms with van der Waals surface area (Å²) in [7, 11) is 1.49. The molecule has 28 heavy (non-hydrogen) atoms. The average Bonchev–Trinajstić information content (AvgIpc) is 2.97. The highest BCUT2D eigenvalue weighted by Crippen LogP contribution is 2.44. The van der Waals surface area contributed by atoms with Crippen LogP contribution in [0, 0.1) is 6.92 Å². The minimum absolute atomic E-state index is 0.0761. The number of nitrogens with zero attached hydrogens (tertiary/aromatic N) is 1. The lowest BCUT2D eigenvalue weighted by molar-refractivity contribution is -0.132. The molecule has 0 fully saturated rings. The summed E-state index contributed by atoms with van der Waals surface area (Å²) in [4.78, 5) is 11.4. The first-order chi connectivity index (χ1) is 13.4. The number of ether oxygens (including phenoxy) is 1. The van der Waals surface area contributed by atoms with Crippen LogP contribution in [0.2, 0.25) is 0 Å². The number of carbonyl (C=O) groups is 1. The summed E-state index contributed by atoms with van der Waals surface area (Å²) in [6.45, 7) is 6.38. The predicted octanol–water partition coefficient (Wildman–Crippen LogP) is 5.23. The molecule has 0 aliphatic carbocycles. The van der Waals surface area contributed by atoms with Crippen molar-refractivity contribution in [2.45, 2.75) is 33.7 Å². The van der Waals surface area contributed by atoms with Gasteiger partial charge in [-0.25, -0.2) is 4.79 Å². The third kappa shape index (κ3) is 3.24. The molecule has 1 heterocycles. The molecule has 3 aromatic rings. The van der Waals surface area contributed by atoms with Crippen LogP contribution in [0.3, 0.4) is 0 Å². The predicted molar refractivity (Wildman–Crippen MR) is 112 cm³/mol. The Morgan fingerprint density at radius 3 is 2.50 bits per heavy atom. The smallest absolute Gasteiger partial charge is 0.331 e. The van der Waals surface area contributed by atoms with Gasteiger partial charge in [0.2, 0.25) is 0 Å². The Morgan fingerprint density at radius 2 is 1.93 bits per heavy atom. The van der Waals surface area contributed by atoms with E-state index >= 15 is 0 Å². The molecule has 0 bridgehead atoms. The van der Waals surface area contributed by atoms with Crippen LogP contribution in [-0.2, 0) is 11.3 Å². The van der Waals surface area contributed by atoms with Gasteiger partial charge in [-0.1, -0.05) is 37.3 Å². The zero-order valence-electron chi connectivity index (χ0n) is 16.6. The second kappa shape index (κ2) is 7.80. The number of phenolic OH excluding ortho intramolecular Hbond substituents is 1. The molecular formula is C23H25NO4. The van der Waals surface area contributed by atoms with Gasteiger partial charge in [0.1, 0.15) is 0 Å². The number of hydrogen-bond donors (Lipinski definition) is 2. The molecule has 0 saturated carbocycles. The molecule has 2 aromatic carbocycles. The van der Waals surface area contributed by atoms with Gasteiger partial charge in [-0.2, -0.15) is 0 Å². The van der Waals surface area contributed by atoms with E-state index < -0.39 is 5.97 Å². The summed E-state index contributed by atoms with van der Waals surface area (Å²) in [5.41, 5.74) is 4.75. The Balaban J connectivity index is 2.49. The lowest BCUT2D eigenvalue weighted by Crippen LogP contribution is -2.02. The van der Waals surface area contributed by atoms with Gasteiger partial charge in [0, 0.05) is 23.1 Å². The molecule has 0 spiro atoms. The number of methoxy groups -OCH3 is 1. The second-order valence-electron chi connectivity index (χ2n) is 6.86. The molecule has 1 aromatic heterocycles. The summed E-state index contributed by atoms with van der Waals surface area (Å²) in [6, 6.07) is 11.7. The molecule has 0 amide bonds. The number of carboxylic acids is 1. The van der Waals surface area contributed by atoms with Gasteiger partial charge >= 0.3 is 5.97 Å². The van der Waals surface area contributed by atoms with Crippen LogP contribution < -0.4 is 4.74 Å². The Bertz CT molecular complexity index is 1060. The minimum atomic E-state index is -0.978. The van der Waals surface area contributed by atoms with Gasteiger partial charge < -0.3 is 19.5 Å². The number of aryl methyl sites for hydroxylation is 2. The number of aromatic hydroxyl groups is 1. The Morgan fingerprint density at radius 1 is 1.25 bits per heavy atom. The van der Waals surface area contributed by atoms with E-state index in [0.29, 0.717) is 16.7 Å². The fraction of sp³-hybridized carbons (Fsp3) is 0.261. The zero-order valence-corrected chi connectivity index (χ0v) is 16.6. The molecule has 2 N–H and O–H groups in total. The largest absolute Gasteiger partial charge is 0.504 e. The van der Waals surface area contributed by atoms with Crippen molar-refractivity contribution in [2.24, 2.45) is 0 Å². The van der Waals surface area contributed by atoms with E-state index in [0.717, 1.165) is 35.3 Å². The monoisotopic (exact) mass is 379 g/mol. The number of fused-ring (bicyclic) bond motifs is 1. The van der Waals surface area contributed by atoms with E-state index in [4.69, 9.17) is 4.74 Å². The fourth-order valence-electron chi connectivity index (χ4n) is 3.71. The molecule has 3 rings (SSSR count). The molecule has 0 radical (unpaired) electrons. The maximum atomic E-state index is 11.4. The fourth-order valence-corrected chi connectivity index (χ4v) is 3.71. The molecule has 146 valence electrons. The highest BCUT2D eigenvalue weighted by atomic mass is 16.5. The highest BCUT2D eigenvalue weighted by Gasteiger charge is 2.23. The molecule has 0 unspecified atom stereocenters. The first-order valence-electron chi connectivity index (χ1n) is 9.30. The normalized spacial score (nSPS) is 11.8. The molecule has 0 aliphatic rings. The van der Waals surface area contributed by atoms with Crippen molar-refractivity contribution >= 4 is 22.9 Å². The van der Waals surface area contributed by atoms with Crippen molar-refractivity contribution in [3.05, 3.63) is 53.1 Å². The summed E-state index contributed by atoms with van der Waals surface area (Å²) >= 11 is 0. The average molecular weight is 379 g/mol. The SMILES string of the molecule is CCCn1c(-c2ccccc2)c(C)c2c(O)c(OC)cc(/C=C(\C)C(=O)O)c21. The van der Waals surface area contributed by atoms with E-state index in [1.165, 1.54) is 7.11 Å². The van der Waals surface area contributed by atoms with Crippen molar-refractivity contribution in [1.82, 2.24) is 4.57 Å². The first-order valence-corrected chi connectivity index (χ1v) is 9.30. The third-order valence-corrected chi connectivity index (χ3v) is 4.96. The summed E-state index contributed by atoms with van der Waals surface area (Å²) in [6.07, 6.45) is 2.53. The number of aromatic nitrogens is 1. The van der Waals surface area contributed by atoms with Crippen LogP contribution in [0.1, 0.15) is 31.4 Å². The second-order valence-corrected chi connectivity index (χ2v) is 6.86. The van der Waals surface area contributed by atoms with Crippen LogP contribution in [0.25, 0.3) is 28.2 Å². The topological polar surface area (TPSA) is 71.7 Å². The summed E-state index contributed by atoms with van der Waals surface area (Å²) < 4.78 is 7.54. The third-order valence-electron chi connectivity index (χ3n) is 4.96. The van der Waals surface area contributed by atoms with E-state index in [1.54, 1.807) is 19.1 Å². The van der Waals surface area contributed by atoms with Gasteiger partial charge in [-0.15, -0.1) is 0 Å². The van der Waals surface area contributed by atoms with Crippen LogP contribution in [0.4, 0.5) is 0 Å². The number of benzene rings is 2. The number of aliphatic carboxylic acids is 1. The van der Waals surface area contributed by atoms with Crippen molar-refractivity contribution in [1.29, 1.82) is 0 Å². The van der Waals surface area contributed by atoms with Gasteiger partial charge in [0.25, 0.3) is 0 Å². The van der Waals surface area contributed by atoms with Crippen LogP contribution in [0.5, 0.6) is 11.5 Å². The Kier molecular flexibility index (Phi) is 5.45. The number of carboxylic acid groups (broad SMARTS) is 1.